The first-order valence-corrected chi connectivity index (χ1v) is 9.36. The summed E-state index contributed by atoms with van der Waals surface area (Å²) in [6.07, 6.45) is 1.28. The van der Waals surface area contributed by atoms with Crippen molar-refractivity contribution in [3.63, 3.8) is 0 Å². The molecule has 4 nitrogen and oxygen atoms in total. The van der Waals surface area contributed by atoms with Crippen LogP contribution in [-0.2, 0) is 11.3 Å². The van der Waals surface area contributed by atoms with E-state index in [1.54, 1.807) is 11.0 Å². The molecule has 0 saturated carbocycles. The lowest BCUT2D eigenvalue weighted by molar-refractivity contribution is 0.0638. The molecule has 1 saturated heterocycles. The zero-order chi connectivity index (χ0) is 17.6. The first kappa shape index (κ1) is 18.1. The second-order valence-electron chi connectivity index (χ2n) is 5.92. The summed E-state index contributed by atoms with van der Waals surface area (Å²) in [5, 5.41) is 0.591. The first-order chi connectivity index (χ1) is 12.1. The number of carbonyl (C=O) groups is 1. The second kappa shape index (κ2) is 8.59. The predicted molar refractivity (Wildman–Crippen MR) is 101 cm³/mol. The van der Waals surface area contributed by atoms with Gasteiger partial charge in [-0.2, -0.15) is 0 Å². The summed E-state index contributed by atoms with van der Waals surface area (Å²) in [5.74, 6) is 0.668. The highest BCUT2D eigenvalue weighted by Crippen LogP contribution is 2.30. The van der Waals surface area contributed by atoms with Gasteiger partial charge < -0.3 is 14.4 Å². The Bertz CT molecular complexity index is 718. The molecule has 1 amide bonds. The van der Waals surface area contributed by atoms with Crippen LogP contribution in [0.3, 0.4) is 0 Å². The summed E-state index contributed by atoms with van der Waals surface area (Å²) in [6.45, 7) is 1.53. The van der Waals surface area contributed by atoms with Crippen LogP contribution >= 0.6 is 27.5 Å². The molecule has 2 aromatic carbocycles. The van der Waals surface area contributed by atoms with Gasteiger partial charge in [-0.3, -0.25) is 0 Å². The molecule has 0 unspecified atom stereocenters. The molecule has 0 N–H and O–H groups in total. The Kier molecular flexibility index (Phi) is 6.21. The highest BCUT2D eigenvalue weighted by atomic mass is 79.9. The van der Waals surface area contributed by atoms with Crippen molar-refractivity contribution in [2.45, 2.75) is 25.6 Å². The summed E-state index contributed by atoms with van der Waals surface area (Å²) < 4.78 is 12.3. The SMILES string of the molecule is O=C(OCc1ccccc1)N1CCC(Oc2cc(Br)ccc2Cl)CC1. The summed E-state index contributed by atoms with van der Waals surface area (Å²) >= 11 is 9.58. The van der Waals surface area contributed by atoms with Crippen molar-refractivity contribution in [3.05, 3.63) is 63.6 Å². The van der Waals surface area contributed by atoms with Gasteiger partial charge in [-0.25, -0.2) is 4.79 Å². The van der Waals surface area contributed by atoms with E-state index < -0.39 is 0 Å². The van der Waals surface area contributed by atoms with Gasteiger partial charge in [-0.1, -0.05) is 57.9 Å². The molecule has 0 bridgehead atoms. The zero-order valence-electron chi connectivity index (χ0n) is 13.7. The molecule has 2 aromatic rings. The average Bonchev–Trinajstić information content (AvgIpc) is 2.64. The summed E-state index contributed by atoms with van der Waals surface area (Å²) in [5.41, 5.74) is 0.985. The first-order valence-electron chi connectivity index (χ1n) is 8.19. The zero-order valence-corrected chi connectivity index (χ0v) is 16.0. The quantitative estimate of drug-likeness (QED) is 0.670. The van der Waals surface area contributed by atoms with Gasteiger partial charge in [0.15, 0.2) is 0 Å². The van der Waals surface area contributed by atoms with Gasteiger partial charge in [-0.05, 0) is 23.8 Å². The van der Waals surface area contributed by atoms with E-state index in [2.05, 4.69) is 15.9 Å². The molecule has 0 aromatic heterocycles. The van der Waals surface area contributed by atoms with Gasteiger partial charge in [0.2, 0.25) is 0 Å². The molecule has 132 valence electrons. The largest absolute Gasteiger partial charge is 0.489 e. The van der Waals surface area contributed by atoms with E-state index in [9.17, 15) is 4.79 Å². The number of likely N-dealkylation sites (tertiary alicyclic amines) is 1. The lowest BCUT2D eigenvalue weighted by atomic mass is 10.1. The molecule has 3 rings (SSSR count). The Balaban J connectivity index is 1.46. The smallest absolute Gasteiger partial charge is 0.410 e. The van der Waals surface area contributed by atoms with E-state index in [-0.39, 0.29) is 12.2 Å². The number of amides is 1. The van der Waals surface area contributed by atoms with E-state index in [0.29, 0.717) is 30.5 Å². The molecular formula is C19H19BrClNO3. The van der Waals surface area contributed by atoms with E-state index in [0.717, 1.165) is 22.9 Å². The van der Waals surface area contributed by atoms with Gasteiger partial charge >= 0.3 is 6.09 Å². The minimum Gasteiger partial charge on any atom is -0.489 e. The standard InChI is InChI=1S/C19H19BrClNO3/c20-15-6-7-17(21)18(12-15)25-16-8-10-22(11-9-16)19(23)24-13-14-4-2-1-3-5-14/h1-7,12,16H,8-11,13H2. The van der Waals surface area contributed by atoms with E-state index in [1.807, 2.05) is 42.5 Å². The fraction of sp³-hybridized carbons (Fsp3) is 0.316. The molecule has 0 spiro atoms. The van der Waals surface area contributed by atoms with Crippen LogP contribution < -0.4 is 4.74 Å². The maximum atomic E-state index is 12.2. The van der Waals surface area contributed by atoms with Crippen molar-refractivity contribution >= 4 is 33.6 Å². The van der Waals surface area contributed by atoms with Gasteiger partial charge in [0, 0.05) is 30.4 Å². The van der Waals surface area contributed by atoms with Gasteiger partial charge in [0.1, 0.15) is 18.5 Å². The summed E-state index contributed by atoms with van der Waals surface area (Å²) in [4.78, 5) is 13.9. The number of hydrogen-bond donors (Lipinski definition) is 0. The Morgan fingerprint density at radius 2 is 1.88 bits per heavy atom. The minimum atomic E-state index is -0.275. The van der Waals surface area contributed by atoms with E-state index in [1.165, 1.54) is 0 Å². The molecule has 1 aliphatic heterocycles. The van der Waals surface area contributed by atoms with Gasteiger partial charge in [0.25, 0.3) is 0 Å². The Hall–Kier alpha value is -1.72. The van der Waals surface area contributed by atoms with E-state index >= 15 is 0 Å². The number of ether oxygens (including phenoxy) is 2. The topological polar surface area (TPSA) is 38.8 Å². The maximum absolute atomic E-state index is 12.2. The van der Waals surface area contributed by atoms with Crippen LogP contribution in [0.4, 0.5) is 4.79 Å². The number of halogens is 2. The van der Waals surface area contributed by atoms with Crippen molar-refractivity contribution in [2.24, 2.45) is 0 Å². The van der Waals surface area contributed by atoms with Crippen molar-refractivity contribution in [1.29, 1.82) is 0 Å². The fourth-order valence-corrected chi connectivity index (χ4v) is 3.22. The fourth-order valence-electron chi connectivity index (χ4n) is 2.71. The molecule has 6 heteroatoms. The van der Waals surface area contributed by atoms with Crippen molar-refractivity contribution < 1.29 is 14.3 Å². The third kappa shape index (κ3) is 5.13. The number of benzene rings is 2. The van der Waals surface area contributed by atoms with Crippen LogP contribution in [0, 0.1) is 0 Å². The third-order valence-corrected chi connectivity index (χ3v) is 4.90. The number of hydrogen-bond acceptors (Lipinski definition) is 3. The Morgan fingerprint density at radius 1 is 1.16 bits per heavy atom. The molecule has 25 heavy (non-hydrogen) atoms. The van der Waals surface area contributed by atoms with Crippen LogP contribution in [0.5, 0.6) is 5.75 Å². The lowest BCUT2D eigenvalue weighted by Crippen LogP contribution is -2.42. The van der Waals surface area contributed by atoms with Gasteiger partial charge in [-0.15, -0.1) is 0 Å². The summed E-state index contributed by atoms with van der Waals surface area (Å²) in [6, 6.07) is 15.2. The lowest BCUT2D eigenvalue weighted by Gasteiger charge is -2.31. The van der Waals surface area contributed by atoms with Crippen molar-refractivity contribution in [2.75, 3.05) is 13.1 Å². The normalized spacial score (nSPS) is 15.0. The molecule has 0 radical (unpaired) electrons. The van der Waals surface area contributed by atoms with Crippen molar-refractivity contribution in [1.82, 2.24) is 4.90 Å². The van der Waals surface area contributed by atoms with Gasteiger partial charge in [0.05, 0.1) is 5.02 Å². The highest BCUT2D eigenvalue weighted by molar-refractivity contribution is 9.10. The van der Waals surface area contributed by atoms with E-state index in [4.69, 9.17) is 21.1 Å². The Labute approximate surface area is 160 Å². The minimum absolute atomic E-state index is 0.0463. The van der Waals surface area contributed by atoms with Crippen LogP contribution in [0.1, 0.15) is 18.4 Å². The highest BCUT2D eigenvalue weighted by Gasteiger charge is 2.25. The molecule has 1 fully saturated rings. The second-order valence-corrected chi connectivity index (χ2v) is 7.24. The van der Waals surface area contributed by atoms with Crippen LogP contribution in [0.15, 0.2) is 53.0 Å². The molecule has 0 aliphatic carbocycles. The molecular weight excluding hydrogens is 406 g/mol. The van der Waals surface area contributed by atoms with Crippen LogP contribution in [0.2, 0.25) is 5.02 Å². The monoisotopic (exact) mass is 423 g/mol. The average molecular weight is 425 g/mol. The Morgan fingerprint density at radius 3 is 2.60 bits per heavy atom. The number of carbonyl (C=O) groups excluding carboxylic acids is 1. The molecule has 0 atom stereocenters. The van der Waals surface area contributed by atoms with Crippen LogP contribution in [0.25, 0.3) is 0 Å². The number of nitrogens with zero attached hydrogens (tertiary/aromatic N) is 1. The predicted octanol–water partition coefficient (Wildman–Crippen LogP) is 5.28. The van der Waals surface area contributed by atoms with Crippen LogP contribution in [-0.4, -0.2) is 30.2 Å². The van der Waals surface area contributed by atoms with Crippen molar-refractivity contribution in [3.8, 4) is 5.75 Å². The third-order valence-electron chi connectivity index (χ3n) is 4.09. The summed E-state index contributed by atoms with van der Waals surface area (Å²) in [7, 11) is 0. The molecule has 1 heterocycles. The number of piperidine rings is 1. The number of rotatable bonds is 4. The maximum Gasteiger partial charge on any atom is 0.410 e. The molecule has 1 aliphatic rings.